The van der Waals surface area contributed by atoms with Gasteiger partial charge in [0, 0.05) is 0 Å². The van der Waals surface area contributed by atoms with E-state index in [4.69, 9.17) is 0 Å². The summed E-state index contributed by atoms with van der Waals surface area (Å²) >= 11 is 0. The zero-order valence-electron chi connectivity index (χ0n) is 23.1. The van der Waals surface area contributed by atoms with E-state index in [0.29, 0.717) is 22.3 Å². The fourth-order valence-electron chi connectivity index (χ4n) is 6.02. The minimum atomic E-state index is -4.66. The molecule has 0 amide bonds. The van der Waals surface area contributed by atoms with E-state index in [0.717, 1.165) is 22.3 Å². The topological polar surface area (TPSA) is 0 Å². The molecule has 6 aromatic rings. The van der Waals surface area contributed by atoms with Crippen molar-refractivity contribution in [3.63, 3.8) is 0 Å². The Morgan fingerprint density at radius 1 is 0.333 bits per heavy atom. The maximum Gasteiger partial charge on any atom is 0.402 e. The monoisotopic (exact) mass is 554 g/mol. The number of benzene rings is 6. The zero-order valence-corrected chi connectivity index (χ0v) is 23.1. The van der Waals surface area contributed by atoms with Crippen LogP contribution in [0.4, 0.5) is 13.2 Å². The van der Waals surface area contributed by atoms with Crippen molar-refractivity contribution in [3.8, 4) is 44.5 Å². The highest BCUT2D eigenvalue weighted by molar-refractivity contribution is 5.87. The smallest absolute Gasteiger partial charge is 0.170 e. The van der Waals surface area contributed by atoms with Gasteiger partial charge in [-0.25, -0.2) is 0 Å². The third-order valence-corrected chi connectivity index (χ3v) is 8.04. The lowest BCUT2D eigenvalue weighted by molar-refractivity contribution is -0.172. The molecule has 0 spiro atoms. The predicted octanol–water partition coefficient (Wildman–Crippen LogP) is 11.2. The van der Waals surface area contributed by atoms with Gasteiger partial charge in [0.05, 0.1) is 0 Å². The molecule has 6 rings (SSSR count). The Morgan fingerprint density at radius 2 is 0.571 bits per heavy atom. The summed E-state index contributed by atoms with van der Waals surface area (Å²) in [5, 5.41) is 0. The second kappa shape index (κ2) is 11.2. The summed E-state index contributed by atoms with van der Waals surface area (Å²) in [5.41, 5.74) is 3.22. The molecule has 0 unspecified atom stereocenters. The van der Waals surface area contributed by atoms with Crippen molar-refractivity contribution < 1.29 is 13.2 Å². The lowest BCUT2D eigenvalue weighted by Gasteiger charge is -2.39. The first-order chi connectivity index (χ1) is 20.4. The van der Waals surface area contributed by atoms with E-state index in [1.807, 2.05) is 158 Å². The Labute approximate surface area is 244 Å². The van der Waals surface area contributed by atoms with Gasteiger partial charge in [0.2, 0.25) is 0 Å². The zero-order chi connectivity index (χ0) is 29.2. The van der Waals surface area contributed by atoms with Crippen molar-refractivity contribution in [1.29, 1.82) is 0 Å². The van der Waals surface area contributed by atoms with Gasteiger partial charge in [0.15, 0.2) is 0 Å². The molecule has 0 nitrogen and oxygen atoms in total. The molecule has 3 heteroatoms. The van der Waals surface area contributed by atoms with E-state index >= 15 is 13.2 Å². The summed E-state index contributed by atoms with van der Waals surface area (Å²) in [5.74, 6) is 0. The molecular weight excluding hydrogens is 525 g/mol. The highest BCUT2D eigenvalue weighted by Gasteiger charge is 2.57. The average molecular weight is 555 g/mol. The van der Waals surface area contributed by atoms with Gasteiger partial charge in [-0.1, -0.05) is 158 Å². The Bertz CT molecular complexity index is 1550. The molecule has 0 aliphatic carbocycles. The summed E-state index contributed by atoms with van der Waals surface area (Å²) in [6.07, 6.45) is -4.66. The second-order valence-corrected chi connectivity index (χ2v) is 10.5. The SMILES string of the molecule is CC(c1c(-c2ccccc2)cccc1-c1ccccc1)(c1c(-c2ccccc2)cccc1-c1ccccc1)C(F)(F)F. The van der Waals surface area contributed by atoms with E-state index in [-0.39, 0.29) is 11.1 Å². The van der Waals surface area contributed by atoms with Gasteiger partial charge in [-0.15, -0.1) is 0 Å². The van der Waals surface area contributed by atoms with Crippen LogP contribution in [0.2, 0.25) is 0 Å². The van der Waals surface area contributed by atoms with E-state index in [1.54, 1.807) is 0 Å². The quantitative estimate of drug-likeness (QED) is 0.192. The van der Waals surface area contributed by atoms with Crippen molar-refractivity contribution in [1.82, 2.24) is 0 Å². The molecule has 0 aromatic heterocycles. The maximum absolute atomic E-state index is 16.3. The van der Waals surface area contributed by atoms with Crippen LogP contribution in [0.5, 0.6) is 0 Å². The normalized spacial score (nSPS) is 11.8. The van der Waals surface area contributed by atoms with E-state index < -0.39 is 11.6 Å². The molecule has 6 aromatic carbocycles. The molecule has 0 aliphatic rings. The summed E-state index contributed by atoms with van der Waals surface area (Å²) in [6, 6.07) is 48.5. The average Bonchev–Trinajstić information content (AvgIpc) is 3.05. The third-order valence-electron chi connectivity index (χ3n) is 8.04. The molecule has 0 saturated heterocycles. The van der Waals surface area contributed by atoms with Crippen LogP contribution in [-0.2, 0) is 5.41 Å². The lowest BCUT2D eigenvalue weighted by Crippen LogP contribution is -2.42. The van der Waals surface area contributed by atoms with E-state index in [1.165, 1.54) is 6.92 Å². The Morgan fingerprint density at radius 3 is 0.786 bits per heavy atom. The summed E-state index contributed by atoms with van der Waals surface area (Å²) < 4.78 is 48.8. The highest BCUT2D eigenvalue weighted by Crippen LogP contribution is 2.56. The van der Waals surface area contributed by atoms with Crippen LogP contribution in [0.1, 0.15) is 18.1 Å². The van der Waals surface area contributed by atoms with Gasteiger partial charge in [0.25, 0.3) is 0 Å². The largest absolute Gasteiger partial charge is 0.402 e. The lowest BCUT2D eigenvalue weighted by atomic mass is 9.66. The predicted molar refractivity (Wildman–Crippen MR) is 167 cm³/mol. The van der Waals surface area contributed by atoms with Crippen LogP contribution in [0, 0.1) is 0 Å². The number of hydrogen-bond acceptors (Lipinski definition) is 0. The molecule has 206 valence electrons. The van der Waals surface area contributed by atoms with Crippen molar-refractivity contribution >= 4 is 0 Å². The molecule has 0 aliphatic heterocycles. The second-order valence-electron chi connectivity index (χ2n) is 10.5. The molecule has 0 saturated carbocycles. The molecule has 0 fully saturated rings. The summed E-state index contributed by atoms with van der Waals surface area (Å²) in [6.45, 7) is 1.36. The van der Waals surface area contributed by atoms with E-state index in [9.17, 15) is 0 Å². The van der Waals surface area contributed by atoms with Crippen molar-refractivity contribution in [2.24, 2.45) is 0 Å². The molecule has 42 heavy (non-hydrogen) atoms. The standard InChI is InChI=1S/C39H29F3/c1-38(39(40,41)42,36-32(28-16-6-2-7-17-28)24-14-25-33(36)29-18-8-3-9-19-29)37-34(30-20-10-4-11-21-30)26-15-27-35(37)31-22-12-5-13-23-31/h2-27H,1H3. The first-order valence-corrected chi connectivity index (χ1v) is 13.9. The van der Waals surface area contributed by atoms with Gasteiger partial charge in [0.1, 0.15) is 5.41 Å². The molecule has 0 bridgehead atoms. The van der Waals surface area contributed by atoms with Gasteiger partial charge < -0.3 is 0 Å². The van der Waals surface area contributed by atoms with Crippen LogP contribution in [-0.4, -0.2) is 6.18 Å². The maximum atomic E-state index is 16.3. The minimum Gasteiger partial charge on any atom is -0.170 e. The van der Waals surface area contributed by atoms with Crippen LogP contribution in [0.15, 0.2) is 158 Å². The molecular formula is C39H29F3. The fourth-order valence-corrected chi connectivity index (χ4v) is 6.02. The van der Waals surface area contributed by atoms with Crippen LogP contribution in [0.3, 0.4) is 0 Å². The van der Waals surface area contributed by atoms with Crippen molar-refractivity contribution in [3.05, 3.63) is 169 Å². The molecule has 0 heterocycles. The number of alkyl halides is 3. The molecule has 0 N–H and O–H groups in total. The van der Waals surface area contributed by atoms with Gasteiger partial charge in [-0.3, -0.25) is 0 Å². The third kappa shape index (κ3) is 4.81. The fraction of sp³-hybridized carbons (Fsp3) is 0.0769. The van der Waals surface area contributed by atoms with Gasteiger partial charge >= 0.3 is 6.18 Å². The number of hydrogen-bond donors (Lipinski definition) is 0. The van der Waals surface area contributed by atoms with Crippen LogP contribution < -0.4 is 0 Å². The Hall–Kier alpha value is -4.89. The summed E-state index contributed by atoms with van der Waals surface area (Å²) in [7, 11) is 0. The highest BCUT2D eigenvalue weighted by atomic mass is 19.4. The Kier molecular flexibility index (Phi) is 7.26. The van der Waals surface area contributed by atoms with Crippen molar-refractivity contribution in [2.75, 3.05) is 0 Å². The van der Waals surface area contributed by atoms with Crippen LogP contribution >= 0.6 is 0 Å². The van der Waals surface area contributed by atoms with E-state index in [2.05, 4.69) is 0 Å². The summed E-state index contributed by atoms with van der Waals surface area (Å²) in [4.78, 5) is 0. The minimum absolute atomic E-state index is 0.232. The molecule has 0 atom stereocenters. The molecule has 0 radical (unpaired) electrons. The van der Waals surface area contributed by atoms with Crippen molar-refractivity contribution in [2.45, 2.75) is 18.5 Å². The van der Waals surface area contributed by atoms with Crippen LogP contribution in [0.25, 0.3) is 44.5 Å². The van der Waals surface area contributed by atoms with Gasteiger partial charge in [-0.2, -0.15) is 13.2 Å². The number of rotatable bonds is 6. The Balaban J connectivity index is 1.81. The number of halogens is 3. The van der Waals surface area contributed by atoms with Gasteiger partial charge in [-0.05, 0) is 62.6 Å². The first kappa shape index (κ1) is 27.3. The first-order valence-electron chi connectivity index (χ1n) is 13.9.